The van der Waals surface area contributed by atoms with Crippen molar-refractivity contribution in [2.24, 2.45) is 0 Å². The molecule has 0 N–H and O–H groups in total. The molecule has 0 aliphatic rings. The van der Waals surface area contributed by atoms with Crippen molar-refractivity contribution in [1.29, 1.82) is 0 Å². The predicted molar refractivity (Wildman–Crippen MR) is 119 cm³/mol. The fraction of sp³-hybridized carbons (Fsp3) is 0.800. The van der Waals surface area contributed by atoms with E-state index >= 15 is 0 Å². The van der Waals surface area contributed by atoms with Crippen molar-refractivity contribution in [1.82, 2.24) is 0 Å². The highest BCUT2D eigenvalue weighted by Crippen LogP contribution is 2.18. The van der Waals surface area contributed by atoms with Crippen LogP contribution in [0.1, 0.15) is 97.8 Å². The van der Waals surface area contributed by atoms with Crippen LogP contribution in [0.15, 0.2) is 30.6 Å². The molecule has 2 unspecified atom stereocenters. The third kappa shape index (κ3) is 11.8. The van der Waals surface area contributed by atoms with Crippen LogP contribution in [-0.4, -0.2) is 25.4 Å². The highest BCUT2D eigenvalue weighted by Gasteiger charge is 2.23. The van der Waals surface area contributed by atoms with Crippen LogP contribution in [0.3, 0.4) is 0 Å². The minimum atomic E-state index is 0.126. The Hall–Kier alpha value is -0.930. The Balaban J connectivity index is 2.27. The number of aryl methyl sites for hydroxylation is 1. The largest absolute Gasteiger partial charge is 0.379 e. The second-order valence-electron chi connectivity index (χ2n) is 8.16. The normalized spacial score (nSPS) is 14.7. The Kier molecular flexibility index (Phi) is 15.2. The van der Waals surface area contributed by atoms with E-state index in [9.17, 15) is 0 Å². The molecule has 0 fully saturated rings. The molecule has 1 aromatic rings. The zero-order valence-electron chi connectivity index (χ0n) is 19.1. The van der Waals surface area contributed by atoms with Gasteiger partial charge in [0.15, 0.2) is 18.9 Å². The Morgan fingerprint density at radius 1 is 0.786 bits per heavy atom. The van der Waals surface area contributed by atoms with E-state index in [4.69, 9.17) is 9.47 Å². The summed E-state index contributed by atoms with van der Waals surface area (Å²) < 4.78 is 14.3. The first-order valence-corrected chi connectivity index (χ1v) is 11.8. The van der Waals surface area contributed by atoms with Crippen molar-refractivity contribution in [2.75, 3.05) is 7.11 Å². The molecule has 0 saturated carbocycles. The van der Waals surface area contributed by atoms with Gasteiger partial charge in [0.2, 0.25) is 0 Å². The van der Waals surface area contributed by atoms with E-state index in [2.05, 4.69) is 55.9 Å². The minimum Gasteiger partial charge on any atom is -0.379 e. The molecule has 0 spiro atoms. The van der Waals surface area contributed by atoms with Gasteiger partial charge < -0.3 is 9.47 Å². The van der Waals surface area contributed by atoms with Crippen LogP contribution in [0, 0.1) is 0 Å². The van der Waals surface area contributed by atoms with E-state index < -0.39 is 0 Å². The topological polar surface area (TPSA) is 22.3 Å². The van der Waals surface area contributed by atoms with Crippen LogP contribution in [0.5, 0.6) is 0 Å². The van der Waals surface area contributed by atoms with Gasteiger partial charge in [-0.25, -0.2) is 4.57 Å². The molecule has 1 rings (SSSR count). The Bertz CT molecular complexity index is 451. The number of pyridine rings is 1. The molecule has 3 heteroatoms. The van der Waals surface area contributed by atoms with E-state index in [0.29, 0.717) is 6.10 Å². The summed E-state index contributed by atoms with van der Waals surface area (Å²) in [5, 5.41) is 0. The smallest absolute Gasteiger partial charge is 0.168 e. The third-order valence-corrected chi connectivity index (χ3v) is 5.80. The zero-order valence-corrected chi connectivity index (χ0v) is 19.1. The summed E-state index contributed by atoms with van der Waals surface area (Å²) in [6, 6.07) is 6.21. The first-order valence-electron chi connectivity index (χ1n) is 11.8. The Morgan fingerprint density at radius 3 is 1.96 bits per heavy atom. The molecule has 3 nitrogen and oxygen atoms in total. The lowest BCUT2D eigenvalue weighted by molar-refractivity contribution is -0.698. The van der Waals surface area contributed by atoms with Crippen molar-refractivity contribution in [3.63, 3.8) is 0 Å². The number of methoxy groups -OCH3 is 1. The van der Waals surface area contributed by atoms with Gasteiger partial charge in [-0.1, -0.05) is 77.7 Å². The molecular weight excluding hydrogens is 346 g/mol. The molecule has 0 saturated heterocycles. The summed E-state index contributed by atoms with van der Waals surface area (Å²) >= 11 is 0. The molecule has 0 radical (unpaired) electrons. The monoisotopic (exact) mass is 392 g/mol. The van der Waals surface area contributed by atoms with Gasteiger partial charge in [0.05, 0.1) is 18.3 Å². The fourth-order valence-electron chi connectivity index (χ4n) is 3.72. The molecule has 0 aliphatic carbocycles. The molecule has 1 aromatic heterocycles. The summed E-state index contributed by atoms with van der Waals surface area (Å²) in [5.41, 5.74) is 0. The average Bonchev–Trinajstić information content (AvgIpc) is 2.74. The van der Waals surface area contributed by atoms with Gasteiger partial charge in [0.1, 0.15) is 0 Å². The number of aromatic nitrogens is 1. The maximum atomic E-state index is 6.51. The maximum absolute atomic E-state index is 6.51. The Labute approximate surface area is 174 Å². The van der Waals surface area contributed by atoms with Crippen LogP contribution in [-0.2, 0) is 16.0 Å². The summed E-state index contributed by atoms with van der Waals surface area (Å²) in [6.45, 7) is 7.63. The number of hydrogen-bond donors (Lipinski definition) is 0. The highest BCUT2D eigenvalue weighted by atomic mass is 16.5. The Morgan fingerprint density at radius 2 is 1.39 bits per heavy atom. The number of hydrogen-bond acceptors (Lipinski definition) is 2. The summed E-state index contributed by atoms with van der Waals surface area (Å²) in [4.78, 5) is 0. The van der Waals surface area contributed by atoms with E-state index in [1.165, 1.54) is 64.2 Å². The van der Waals surface area contributed by atoms with Gasteiger partial charge in [-0.05, 0) is 19.8 Å². The van der Waals surface area contributed by atoms with Crippen LogP contribution >= 0.6 is 0 Å². The molecule has 1 heterocycles. The number of nitrogens with zero attached hydrogens (tertiary/aromatic N) is 1. The van der Waals surface area contributed by atoms with Crippen LogP contribution < -0.4 is 4.57 Å². The van der Waals surface area contributed by atoms with Gasteiger partial charge in [-0.15, -0.1) is 0 Å². The van der Waals surface area contributed by atoms with Crippen molar-refractivity contribution >= 4 is 0 Å². The van der Waals surface area contributed by atoms with E-state index in [1.54, 1.807) is 7.11 Å². The van der Waals surface area contributed by atoms with E-state index in [0.717, 1.165) is 19.4 Å². The van der Waals surface area contributed by atoms with E-state index in [-0.39, 0.29) is 12.2 Å². The third-order valence-electron chi connectivity index (χ3n) is 5.80. The standard InChI is InChI=1S/C25H46NO2/c1-5-7-8-9-10-11-12-13-15-18-24(6-2)28-25(23(3)27-4)19-22-26-20-16-14-17-21-26/h14,16-17,20-21,23-25H,5-13,15,18-19,22H2,1-4H3/q+1/t23-,24?,25?/m0/s1. The maximum Gasteiger partial charge on any atom is 0.168 e. The van der Waals surface area contributed by atoms with Crippen LogP contribution in [0.2, 0.25) is 0 Å². The van der Waals surface area contributed by atoms with E-state index in [1.807, 2.05) is 0 Å². The summed E-state index contributed by atoms with van der Waals surface area (Å²) in [7, 11) is 1.79. The van der Waals surface area contributed by atoms with Gasteiger partial charge >= 0.3 is 0 Å². The summed E-state index contributed by atoms with van der Waals surface area (Å²) in [6.07, 6.45) is 20.5. The predicted octanol–water partition coefficient (Wildman–Crippen LogP) is 6.48. The zero-order chi connectivity index (χ0) is 20.5. The minimum absolute atomic E-state index is 0.126. The number of ether oxygens (including phenoxy) is 2. The lowest BCUT2D eigenvalue weighted by Crippen LogP contribution is -2.39. The lowest BCUT2D eigenvalue weighted by atomic mass is 10.0. The molecule has 0 aromatic carbocycles. The highest BCUT2D eigenvalue weighted by molar-refractivity contribution is 4.83. The second-order valence-corrected chi connectivity index (χ2v) is 8.16. The van der Waals surface area contributed by atoms with Gasteiger partial charge in [-0.3, -0.25) is 0 Å². The molecule has 0 aliphatic heterocycles. The SMILES string of the molecule is CCCCCCCCCCCC(CC)OC(CC[n+]1ccccc1)[C@H](C)OC. The summed E-state index contributed by atoms with van der Waals surface area (Å²) in [5.74, 6) is 0. The van der Waals surface area contributed by atoms with Crippen molar-refractivity contribution < 1.29 is 14.0 Å². The van der Waals surface area contributed by atoms with Gasteiger partial charge in [0, 0.05) is 25.7 Å². The number of rotatable bonds is 18. The average molecular weight is 393 g/mol. The first kappa shape index (κ1) is 25.1. The molecule has 0 bridgehead atoms. The molecule has 162 valence electrons. The molecule has 3 atom stereocenters. The quantitative estimate of drug-likeness (QED) is 0.211. The second kappa shape index (κ2) is 17.0. The molecular formula is C25H46NO2+. The van der Waals surface area contributed by atoms with Gasteiger partial charge in [-0.2, -0.15) is 0 Å². The first-order chi connectivity index (χ1) is 13.7. The number of unbranched alkanes of at least 4 members (excludes halogenated alkanes) is 8. The van der Waals surface area contributed by atoms with Crippen molar-refractivity contribution in [3.05, 3.63) is 30.6 Å². The fourth-order valence-corrected chi connectivity index (χ4v) is 3.72. The van der Waals surface area contributed by atoms with Crippen LogP contribution in [0.25, 0.3) is 0 Å². The van der Waals surface area contributed by atoms with Crippen molar-refractivity contribution in [2.45, 2.75) is 123 Å². The lowest BCUT2D eigenvalue weighted by Gasteiger charge is -2.27. The molecule has 28 heavy (non-hydrogen) atoms. The van der Waals surface area contributed by atoms with Crippen LogP contribution in [0.4, 0.5) is 0 Å². The van der Waals surface area contributed by atoms with Crippen molar-refractivity contribution in [3.8, 4) is 0 Å². The molecule has 0 amide bonds. The van der Waals surface area contributed by atoms with Gasteiger partial charge in [0.25, 0.3) is 0 Å².